The number of hydrogen-bond acceptors (Lipinski definition) is 3. The molecule has 4 nitrogen and oxygen atoms in total. The molecule has 0 saturated heterocycles. The molecule has 13 heavy (non-hydrogen) atoms. The fourth-order valence-corrected chi connectivity index (χ4v) is 1.69. The van der Waals surface area contributed by atoms with E-state index in [-0.39, 0.29) is 0 Å². The first kappa shape index (κ1) is 8.69. The average Bonchev–Trinajstić information content (AvgIpc) is 2.78. The quantitative estimate of drug-likeness (QED) is 0.739. The smallest absolute Gasteiger partial charge is 0.0855 e. The number of hydrogen-bond donors (Lipinski definition) is 1. The van der Waals surface area contributed by atoms with Gasteiger partial charge in [-0.05, 0) is 25.7 Å². The van der Waals surface area contributed by atoms with E-state index in [4.69, 9.17) is 0 Å². The van der Waals surface area contributed by atoms with Crippen molar-refractivity contribution in [2.75, 3.05) is 0 Å². The number of nitrogens with zero attached hydrogens (tertiary/aromatic N) is 3. The maximum absolute atomic E-state index is 10.0. The van der Waals surface area contributed by atoms with E-state index in [0.29, 0.717) is 12.3 Å². The van der Waals surface area contributed by atoms with Gasteiger partial charge in [0.2, 0.25) is 0 Å². The Labute approximate surface area is 77.6 Å². The highest BCUT2D eigenvalue weighted by Gasteiger charge is 2.40. The first-order chi connectivity index (χ1) is 6.08. The molecule has 1 saturated carbocycles. The SMILES string of the molecule is Cn1cc(CC(C)(O)C2CC2)nn1. The molecule has 0 aromatic carbocycles. The van der Waals surface area contributed by atoms with Gasteiger partial charge < -0.3 is 5.11 Å². The first-order valence-corrected chi connectivity index (χ1v) is 4.65. The van der Waals surface area contributed by atoms with Gasteiger partial charge in [0.1, 0.15) is 0 Å². The van der Waals surface area contributed by atoms with Crippen molar-refractivity contribution < 1.29 is 5.11 Å². The molecule has 4 heteroatoms. The van der Waals surface area contributed by atoms with Crippen molar-refractivity contribution in [3.63, 3.8) is 0 Å². The minimum atomic E-state index is -0.587. The van der Waals surface area contributed by atoms with E-state index in [1.165, 1.54) is 0 Å². The molecular formula is C9H15N3O. The molecule has 2 rings (SSSR count). The summed E-state index contributed by atoms with van der Waals surface area (Å²) in [5.74, 6) is 0.467. The van der Waals surface area contributed by atoms with E-state index >= 15 is 0 Å². The molecule has 1 aromatic rings. The average molecular weight is 181 g/mol. The third-order valence-electron chi connectivity index (χ3n) is 2.65. The highest BCUT2D eigenvalue weighted by molar-refractivity contribution is 5.03. The minimum absolute atomic E-state index is 0.467. The van der Waals surface area contributed by atoms with E-state index in [2.05, 4.69) is 10.3 Å². The molecule has 1 unspecified atom stereocenters. The number of aromatic nitrogens is 3. The van der Waals surface area contributed by atoms with Gasteiger partial charge in [-0.3, -0.25) is 4.68 Å². The van der Waals surface area contributed by atoms with Crippen LogP contribution in [0.5, 0.6) is 0 Å². The van der Waals surface area contributed by atoms with Crippen LogP contribution in [0.4, 0.5) is 0 Å². The van der Waals surface area contributed by atoms with Crippen LogP contribution in [-0.4, -0.2) is 25.7 Å². The lowest BCUT2D eigenvalue weighted by Gasteiger charge is -2.20. The summed E-state index contributed by atoms with van der Waals surface area (Å²) in [6.07, 6.45) is 4.77. The van der Waals surface area contributed by atoms with E-state index in [9.17, 15) is 5.11 Å². The second kappa shape index (κ2) is 2.80. The Balaban J connectivity index is 2.04. The molecule has 1 atom stereocenters. The first-order valence-electron chi connectivity index (χ1n) is 4.65. The van der Waals surface area contributed by atoms with Crippen molar-refractivity contribution in [2.45, 2.75) is 31.8 Å². The van der Waals surface area contributed by atoms with Gasteiger partial charge in [-0.2, -0.15) is 0 Å². The molecule has 0 spiro atoms. The molecule has 1 N–H and O–H groups in total. The molecule has 0 bridgehead atoms. The Morgan fingerprint density at radius 2 is 2.38 bits per heavy atom. The molecular weight excluding hydrogens is 166 g/mol. The second-order valence-corrected chi connectivity index (χ2v) is 4.19. The molecule has 72 valence electrons. The monoisotopic (exact) mass is 181 g/mol. The van der Waals surface area contributed by atoms with Crippen LogP contribution in [0.2, 0.25) is 0 Å². The van der Waals surface area contributed by atoms with Crippen LogP contribution in [0.15, 0.2) is 6.20 Å². The van der Waals surface area contributed by atoms with Crippen molar-refractivity contribution in [1.82, 2.24) is 15.0 Å². The topological polar surface area (TPSA) is 50.9 Å². The molecule has 1 aromatic heterocycles. The third-order valence-corrected chi connectivity index (χ3v) is 2.65. The number of aliphatic hydroxyl groups is 1. The fourth-order valence-electron chi connectivity index (χ4n) is 1.69. The number of aryl methyl sites for hydroxylation is 1. The zero-order chi connectivity index (χ0) is 9.47. The van der Waals surface area contributed by atoms with Crippen molar-refractivity contribution in [2.24, 2.45) is 13.0 Å². The summed E-state index contributed by atoms with van der Waals surface area (Å²) in [6, 6.07) is 0. The van der Waals surface area contributed by atoms with Gasteiger partial charge in [-0.1, -0.05) is 5.21 Å². The van der Waals surface area contributed by atoms with Gasteiger partial charge in [0, 0.05) is 19.7 Å². The van der Waals surface area contributed by atoms with Crippen molar-refractivity contribution >= 4 is 0 Å². The molecule has 1 fully saturated rings. The van der Waals surface area contributed by atoms with Crippen LogP contribution < -0.4 is 0 Å². The summed E-state index contributed by atoms with van der Waals surface area (Å²) in [5, 5.41) is 17.8. The van der Waals surface area contributed by atoms with E-state index < -0.39 is 5.60 Å². The van der Waals surface area contributed by atoms with Crippen molar-refractivity contribution in [1.29, 1.82) is 0 Å². The molecule has 1 aliphatic carbocycles. The fraction of sp³-hybridized carbons (Fsp3) is 0.778. The Morgan fingerprint density at radius 1 is 1.69 bits per heavy atom. The van der Waals surface area contributed by atoms with Gasteiger partial charge >= 0.3 is 0 Å². The predicted molar refractivity (Wildman–Crippen MR) is 48.1 cm³/mol. The molecule has 1 aliphatic rings. The van der Waals surface area contributed by atoms with Gasteiger partial charge in [-0.15, -0.1) is 5.10 Å². The molecule has 0 aliphatic heterocycles. The van der Waals surface area contributed by atoms with E-state index in [1.807, 2.05) is 20.2 Å². The summed E-state index contributed by atoms with van der Waals surface area (Å²) in [4.78, 5) is 0. The van der Waals surface area contributed by atoms with Crippen LogP contribution >= 0.6 is 0 Å². The minimum Gasteiger partial charge on any atom is -0.389 e. The number of rotatable bonds is 3. The summed E-state index contributed by atoms with van der Waals surface area (Å²) in [7, 11) is 1.84. The van der Waals surface area contributed by atoms with Crippen molar-refractivity contribution in [3.05, 3.63) is 11.9 Å². The Kier molecular flexibility index (Phi) is 1.87. The zero-order valence-corrected chi connectivity index (χ0v) is 8.06. The van der Waals surface area contributed by atoms with Crippen LogP contribution in [0.25, 0.3) is 0 Å². The normalized spacial score (nSPS) is 21.5. The lowest BCUT2D eigenvalue weighted by molar-refractivity contribution is 0.0362. The zero-order valence-electron chi connectivity index (χ0n) is 8.06. The molecule has 0 amide bonds. The lowest BCUT2D eigenvalue weighted by atomic mass is 9.95. The van der Waals surface area contributed by atoms with Crippen LogP contribution in [-0.2, 0) is 13.5 Å². The second-order valence-electron chi connectivity index (χ2n) is 4.19. The van der Waals surface area contributed by atoms with Crippen molar-refractivity contribution in [3.8, 4) is 0 Å². The van der Waals surface area contributed by atoms with Gasteiger partial charge in [0.15, 0.2) is 0 Å². The molecule has 0 radical (unpaired) electrons. The maximum Gasteiger partial charge on any atom is 0.0855 e. The van der Waals surface area contributed by atoms with E-state index in [1.54, 1.807) is 4.68 Å². The van der Waals surface area contributed by atoms with Crippen LogP contribution in [0, 0.1) is 5.92 Å². The van der Waals surface area contributed by atoms with Gasteiger partial charge in [0.25, 0.3) is 0 Å². The van der Waals surface area contributed by atoms with Gasteiger partial charge in [0.05, 0.1) is 11.3 Å². The maximum atomic E-state index is 10.0. The summed E-state index contributed by atoms with van der Waals surface area (Å²) in [5.41, 5.74) is 0.287. The Morgan fingerprint density at radius 3 is 2.85 bits per heavy atom. The third kappa shape index (κ3) is 1.88. The Hall–Kier alpha value is -0.900. The molecule has 1 heterocycles. The standard InChI is InChI=1S/C9H15N3O/c1-9(13,7-3-4-7)5-8-6-12(2)11-10-8/h6-7,13H,3-5H2,1-2H3. The summed E-state index contributed by atoms with van der Waals surface area (Å²) < 4.78 is 1.66. The highest BCUT2D eigenvalue weighted by atomic mass is 16.3. The van der Waals surface area contributed by atoms with Crippen LogP contribution in [0.1, 0.15) is 25.5 Å². The predicted octanol–water partition coefficient (Wildman–Crippen LogP) is 0.519. The summed E-state index contributed by atoms with van der Waals surface area (Å²) >= 11 is 0. The Bertz CT molecular complexity index is 302. The largest absolute Gasteiger partial charge is 0.389 e. The van der Waals surface area contributed by atoms with E-state index in [0.717, 1.165) is 18.5 Å². The summed E-state index contributed by atoms with van der Waals surface area (Å²) in [6.45, 7) is 1.89. The van der Waals surface area contributed by atoms with Crippen LogP contribution in [0.3, 0.4) is 0 Å². The highest BCUT2D eigenvalue weighted by Crippen LogP contribution is 2.40. The van der Waals surface area contributed by atoms with Gasteiger partial charge in [-0.25, -0.2) is 0 Å². The lowest BCUT2D eigenvalue weighted by Crippen LogP contribution is -2.29.